The van der Waals surface area contributed by atoms with Crippen LogP contribution in [0.4, 0.5) is 4.70 Å². The van der Waals surface area contributed by atoms with E-state index in [1.54, 1.807) is 0 Å². The molecule has 0 fully saturated rings. The largest absolute Gasteiger partial charge is 2.00 e. The minimum absolute atomic E-state index is 0. The van der Waals surface area contributed by atoms with Gasteiger partial charge in [-0.1, -0.05) is 0 Å². The molecule has 4 heteroatoms. The van der Waals surface area contributed by atoms with Crippen LogP contribution < -0.4 is 0 Å². The van der Waals surface area contributed by atoms with Gasteiger partial charge in [0, 0.05) is 0 Å². The van der Waals surface area contributed by atoms with Crippen molar-refractivity contribution in [2.45, 2.75) is 0 Å². The first-order valence-electron chi connectivity index (χ1n) is 0. The molecule has 0 aliphatic carbocycles. The van der Waals surface area contributed by atoms with E-state index in [0.717, 1.165) is 0 Å². The van der Waals surface area contributed by atoms with E-state index in [9.17, 15) is 0 Å². The Balaban J connectivity index is 0. The maximum atomic E-state index is 0. The summed E-state index contributed by atoms with van der Waals surface area (Å²) in [6, 6.07) is 0. The van der Waals surface area contributed by atoms with Gasteiger partial charge in [0.15, 0.2) is 0 Å². The normalized spacial score (nSPS) is 0. The van der Waals surface area contributed by atoms with Crippen molar-refractivity contribution in [3.8, 4) is 0 Å². The number of hydrogen-bond acceptors (Lipinski definition) is 0. The molecule has 0 aromatic heterocycles. The first kappa shape index (κ1) is 108. The molecule has 1 nitrogen and oxygen atoms in total. The zero-order valence-electron chi connectivity index (χ0n) is 1.97. The van der Waals surface area contributed by atoms with Crippen LogP contribution in [0.15, 0.2) is 0 Å². The Morgan fingerprint density at radius 2 is 1.00 bits per heavy atom. The summed E-state index contributed by atoms with van der Waals surface area (Å²) in [6.07, 6.45) is 0. The van der Waals surface area contributed by atoms with Gasteiger partial charge in [-0.25, -0.2) is 0 Å². The fourth-order valence-electron chi connectivity index (χ4n) is 0. The van der Waals surface area contributed by atoms with E-state index in [-0.39, 0.29) is 42.1 Å². The second-order valence-corrected chi connectivity index (χ2v) is 0. The Labute approximate surface area is 42.6 Å². The van der Waals surface area contributed by atoms with Crippen molar-refractivity contribution in [3.63, 3.8) is 0 Å². The number of rotatable bonds is 0. The number of halogens is 2. The molecule has 0 aromatic carbocycles. The smallest absolute Gasteiger partial charge is 2.00 e. The summed E-state index contributed by atoms with van der Waals surface area (Å²) in [4.78, 5) is 0. The molecule has 0 aliphatic rings. The van der Waals surface area contributed by atoms with Crippen molar-refractivity contribution in [1.82, 2.24) is 0 Å². The standard InChI is InChI=1S/ClH2.FH.O.Zn/h1H2;1H;;/q+1;;-2;+2. The second kappa shape index (κ2) is 46.3. The van der Waals surface area contributed by atoms with E-state index < -0.39 is 0 Å². The zero-order valence-corrected chi connectivity index (χ0v) is 5.83. The van der Waals surface area contributed by atoms with Crippen LogP contribution >= 0.6 is 0 Å². The van der Waals surface area contributed by atoms with Gasteiger partial charge < -0.3 is 5.48 Å². The molecule has 0 atom stereocenters. The molecule has 0 saturated heterocycles. The molecular formula is H3ClFOZn+. The molecule has 0 radical (unpaired) electrons. The Bertz CT molecular complexity index is 8.00. The van der Waals surface area contributed by atoms with Crippen molar-refractivity contribution >= 4 is 0 Å². The van der Waals surface area contributed by atoms with Gasteiger partial charge in [-0.15, -0.1) is 0 Å². The van der Waals surface area contributed by atoms with Crippen LogP contribution in [0.25, 0.3) is 0 Å². The molecule has 0 aliphatic heterocycles. The predicted molar refractivity (Wildman–Crippen MR) is 5.98 cm³/mol. The summed E-state index contributed by atoms with van der Waals surface area (Å²) < 4.78 is 0. The van der Waals surface area contributed by atoms with Gasteiger partial charge in [-0.2, -0.15) is 0 Å². The van der Waals surface area contributed by atoms with E-state index in [1.165, 1.54) is 0 Å². The summed E-state index contributed by atoms with van der Waals surface area (Å²) >= 11 is 0. The van der Waals surface area contributed by atoms with Crippen molar-refractivity contribution < 1.29 is 42.1 Å². The summed E-state index contributed by atoms with van der Waals surface area (Å²) in [5, 5.41) is 0. The van der Waals surface area contributed by atoms with E-state index in [0.29, 0.717) is 0 Å². The Kier molecular flexibility index (Phi) is 1250. The van der Waals surface area contributed by atoms with Crippen molar-refractivity contribution in [3.05, 3.63) is 0 Å². The molecular weight excluding hydrogens is 136 g/mol. The molecule has 0 aromatic rings. The monoisotopic (exact) mass is 137 g/mol. The van der Waals surface area contributed by atoms with Gasteiger partial charge in [0.05, 0.1) is 12.4 Å². The minimum atomic E-state index is 0. The quantitative estimate of drug-likeness (QED) is 0.404. The van der Waals surface area contributed by atoms with Gasteiger partial charge >= 0.3 is 19.5 Å². The third-order valence-corrected chi connectivity index (χ3v) is 0. The van der Waals surface area contributed by atoms with Crippen molar-refractivity contribution in [1.29, 1.82) is 0 Å². The molecule has 0 amide bonds. The summed E-state index contributed by atoms with van der Waals surface area (Å²) in [5.74, 6) is 0. The van der Waals surface area contributed by atoms with Crippen LogP contribution in [-0.2, 0) is 25.0 Å². The average molecular weight is 139 g/mol. The minimum Gasteiger partial charge on any atom is -2.00 e. The molecule has 0 rings (SSSR count). The van der Waals surface area contributed by atoms with Gasteiger partial charge in [-0.05, 0) is 0 Å². The van der Waals surface area contributed by atoms with Crippen LogP contribution in [0.5, 0.6) is 0 Å². The van der Waals surface area contributed by atoms with Crippen LogP contribution in [-0.4, -0.2) is 0 Å². The van der Waals surface area contributed by atoms with Gasteiger partial charge in [0.2, 0.25) is 0 Å². The summed E-state index contributed by atoms with van der Waals surface area (Å²) in [6.45, 7) is 0. The fourth-order valence-corrected chi connectivity index (χ4v) is 0. The van der Waals surface area contributed by atoms with Crippen molar-refractivity contribution in [2.24, 2.45) is 0 Å². The third-order valence-electron chi connectivity index (χ3n) is 0. The molecule has 0 bridgehead atoms. The number of hydrogen-bond donors (Lipinski definition) is 0. The van der Waals surface area contributed by atoms with E-state index in [1.807, 2.05) is 0 Å². The second-order valence-electron chi connectivity index (χ2n) is 0. The van der Waals surface area contributed by atoms with E-state index >= 15 is 0 Å². The van der Waals surface area contributed by atoms with Crippen LogP contribution in [0, 0.1) is 12.4 Å². The first-order valence-corrected chi connectivity index (χ1v) is 0. The maximum absolute atomic E-state index is 0. The summed E-state index contributed by atoms with van der Waals surface area (Å²) in [5.41, 5.74) is 0. The first-order chi connectivity index (χ1) is 0. The fraction of sp³-hybridized carbons (Fsp3) is 0. The molecule has 0 heterocycles. The Hall–Kier alpha value is 0.803. The van der Waals surface area contributed by atoms with Gasteiger partial charge in [0.25, 0.3) is 0 Å². The maximum Gasteiger partial charge on any atom is 2.00 e. The molecule has 0 N–H and O–H groups in total. The topological polar surface area (TPSA) is 28.5 Å². The Morgan fingerprint density at radius 3 is 1.00 bits per heavy atom. The summed E-state index contributed by atoms with van der Waals surface area (Å²) in [7, 11) is 0. The molecule has 24 valence electrons. The van der Waals surface area contributed by atoms with Gasteiger partial charge in [0.1, 0.15) is 0 Å². The van der Waals surface area contributed by atoms with Gasteiger partial charge in [-0.3, -0.25) is 4.70 Å². The predicted octanol–water partition coefficient (Wildman–Crippen LogP) is -0.504. The van der Waals surface area contributed by atoms with Crippen LogP contribution in [0.1, 0.15) is 0 Å². The van der Waals surface area contributed by atoms with Crippen LogP contribution in [0.2, 0.25) is 0 Å². The molecule has 0 spiro atoms. The van der Waals surface area contributed by atoms with Crippen LogP contribution in [0.3, 0.4) is 0 Å². The van der Waals surface area contributed by atoms with E-state index in [2.05, 4.69) is 0 Å². The van der Waals surface area contributed by atoms with Crippen molar-refractivity contribution in [2.75, 3.05) is 0 Å². The zero-order chi connectivity index (χ0) is 0. The molecule has 4 heavy (non-hydrogen) atoms. The Morgan fingerprint density at radius 1 is 1.00 bits per heavy atom. The van der Waals surface area contributed by atoms with E-state index in [4.69, 9.17) is 0 Å². The molecule has 0 unspecified atom stereocenters. The third kappa shape index (κ3) is 14.1. The molecule has 0 saturated carbocycles. The average Bonchev–Trinajstić information content (AvgIpc) is 0. The SMILES string of the molecule is F.[ClH2+].[O-2].[Zn+2].